The molecule has 2 aromatic heterocycles. The zero-order chi connectivity index (χ0) is 16.2. The summed E-state index contributed by atoms with van der Waals surface area (Å²) in [6.07, 6.45) is 6.17. The molecule has 0 aliphatic heterocycles. The molecule has 2 N–H and O–H groups in total. The Hall–Kier alpha value is -2.41. The quantitative estimate of drug-likeness (QED) is 0.827. The number of amides is 1. The molecule has 0 aromatic carbocycles. The van der Waals surface area contributed by atoms with E-state index in [1.54, 1.807) is 42.5 Å². The van der Waals surface area contributed by atoms with Gasteiger partial charge in [-0.1, -0.05) is 6.07 Å². The summed E-state index contributed by atoms with van der Waals surface area (Å²) in [6, 6.07) is 5.28. The highest BCUT2D eigenvalue weighted by Crippen LogP contribution is 2.38. The highest BCUT2D eigenvalue weighted by Gasteiger charge is 2.35. The summed E-state index contributed by atoms with van der Waals surface area (Å²) in [5.41, 5.74) is 0.913. The minimum Gasteiger partial charge on any atom is -0.481 e. The Labute approximate surface area is 134 Å². The molecule has 1 aliphatic rings. The molecule has 0 unspecified atom stereocenters. The van der Waals surface area contributed by atoms with Crippen LogP contribution in [0.4, 0.5) is 0 Å². The second-order valence-corrected chi connectivity index (χ2v) is 5.77. The molecule has 23 heavy (non-hydrogen) atoms. The molecule has 1 saturated carbocycles. The van der Waals surface area contributed by atoms with E-state index >= 15 is 0 Å². The zero-order valence-electron chi connectivity index (χ0n) is 12.9. The molecular formula is C16H20N4O3. The van der Waals surface area contributed by atoms with Gasteiger partial charge in [0.15, 0.2) is 0 Å². The minimum absolute atomic E-state index is 0.115. The molecule has 2 aromatic rings. The number of aromatic nitrogens is 3. The van der Waals surface area contributed by atoms with Gasteiger partial charge in [0.05, 0.1) is 19.3 Å². The Morgan fingerprint density at radius 3 is 2.91 bits per heavy atom. The largest absolute Gasteiger partial charge is 0.481 e. The molecule has 0 saturated heterocycles. The highest BCUT2D eigenvalue weighted by atomic mass is 16.5. The van der Waals surface area contributed by atoms with Crippen molar-refractivity contribution in [2.24, 2.45) is 5.92 Å². The predicted molar refractivity (Wildman–Crippen MR) is 82.6 cm³/mol. The summed E-state index contributed by atoms with van der Waals surface area (Å²) in [7, 11) is 1.56. The molecule has 0 radical (unpaired) electrons. The molecule has 1 fully saturated rings. The van der Waals surface area contributed by atoms with E-state index in [2.05, 4.69) is 15.4 Å². The van der Waals surface area contributed by atoms with Crippen LogP contribution in [0.1, 0.15) is 24.4 Å². The van der Waals surface area contributed by atoms with Crippen molar-refractivity contribution >= 4 is 5.91 Å². The van der Waals surface area contributed by atoms with Gasteiger partial charge >= 0.3 is 0 Å². The molecule has 1 amide bonds. The number of hydrogen-bond donors (Lipinski definition) is 2. The third-order valence-corrected chi connectivity index (χ3v) is 4.13. The minimum atomic E-state index is -0.281. The maximum absolute atomic E-state index is 12.3. The molecule has 2 heterocycles. The molecule has 122 valence electrons. The second kappa shape index (κ2) is 6.78. The summed E-state index contributed by atoms with van der Waals surface area (Å²) >= 11 is 0. The van der Waals surface area contributed by atoms with Crippen molar-refractivity contribution in [1.82, 2.24) is 20.1 Å². The number of carbonyl (C=O) groups is 1. The Morgan fingerprint density at radius 2 is 2.35 bits per heavy atom. The fourth-order valence-corrected chi connectivity index (χ4v) is 2.83. The summed E-state index contributed by atoms with van der Waals surface area (Å²) < 4.78 is 6.65. The van der Waals surface area contributed by atoms with Gasteiger partial charge < -0.3 is 15.2 Å². The SMILES string of the molecule is COc1ccc([C@H](NC(=O)Cn2cccn2)C2CC(O)C2)cn1. The van der Waals surface area contributed by atoms with E-state index in [1.165, 1.54) is 0 Å². The van der Waals surface area contributed by atoms with Crippen LogP contribution in [-0.4, -0.2) is 39.0 Å². The van der Waals surface area contributed by atoms with E-state index in [0.717, 1.165) is 5.56 Å². The summed E-state index contributed by atoms with van der Waals surface area (Å²) in [5.74, 6) is 0.627. The van der Waals surface area contributed by atoms with Crippen molar-refractivity contribution in [2.75, 3.05) is 7.11 Å². The average molecular weight is 316 g/mol. The van der Waals surface area contributed by atoms with Gasteiger partial charge in [-0.3, -0.25) is 9.48 Å². The average Bonchev–Trinajstić information content (AvgIpc) is 3.03. The van der Waals surface area contributed by atoms with Gasteiger partial charge in [-0.25, -0.2) is 4.98 Å². The number of pyridine rings is 1. The number of nitrogens with one attached hydrogen (secondary N) is 1. The van der Waals surface area contributed by atoms with Crippen molar-refractivity contribution < 1.29 is 14.6 Å². The molecular weight excluding hydrogens is 296 g/mol. The summed E-state index contributed by atoms with van der Waals surface area (Å²) in [6.45, 7) is 0.169. The number of carbonyl (C=O) groups excluding carboxylic acids is 1. The van der Waals surface area contributed by atoms with Crippen LogP contribution in [0.3, 0.4) is 0 Å². The van der Waals surface area contributed by atoms with Crippen molar-refractivity contribution in [1.29, 1.82) is 0 Å². The summed E-state index contributed by atoms with van der Waals surface area (Å²) in [4.78, 5) is 16.5. The first-order chi connectivity index (χ1) is 11.2. The lowest BCUT2D eigenvalue weighted by molar-refractivity contribution is -0.123. The molecule has 7 heteroatoms. The molecule has 1 atom stereocenters. The van der Waals surface area contributed by atoms with Crippen LogP contribution in [-0.2, 0) is 11.3 Å². The predicted octanol–water partition coefficient (Wildman–Crippen LogP) is 0.915. The standard InChI is InChI=1S/C16H20N4O3/c1-23-15-4-3-11(9-17-15)16(12-7-13(21)8-12)19-14(22)10-20-6-2-5-18-20/h2-6,9,12-13,16,21H,7-8,10H2,1H3,(H,19,22)/t12?,13?,16-/m0/s1. The van der Waals surface area contributed by atoms with E-state index in [9.17, 15) is 9.90 Å². The Morgan fingerprint density at radius 1 is 1.52 bits per heavy atom. The number of ether oxygens (including phenoxy) is 1. The van der Waals surface area contributed by atoms with Gasteiger partial charge in [-0.2, -0.15) is 5.10 Å². The maximum atomic E-state index is 12.3. The smallest absolute Gasteiger partial charge is 0.242 e. The van der Waals surface area contributed by atoms with Crippen LogP contribution < -0.4 is 10.1 Å². The Bertz CT molecular complexity index is 636. The number of rotatable bonds is 6. The zero-order valence-corrected chi connectivity index (χ0v) is 12.9. The second-order valence-electron chi connectivity index (χ2n) is 5.77. The van der Waals surface area contributed by atoms with Crippen LogP contribution >= 0.6 is 0 Å². The number of nitrogens with zero attached hydrogens (tertiary/aromatic N) is 3. The van der Waals surface area contributed by atoms with E-state index in [0.29, 0.717) is 18.7 Å². The first kappa shape index (κ1) is 15.5. The van der Waals surface area contributed by atoms with Crippen LogP contribution in [0.5, 0.6) is 5.88 Å². The topological polar surface area (TPSA) is 89.3 Å². The van der Waals surface area contributed by atoms with E-state index in [-0.39, 0.29) is 30.5 Å². The number of aliphatic hydroxyl groups excluding tert-OH is 1. The molecule has 0 spiro atoms. The van der Waals surface area contributed by atoms with Crippen LogP contribution in [0.25, 0.3) is 0 Å². The van der Waals surface area contributed by atoms with E-state index in [1.807, 2.05) is 6.07 Å². The maximum Gasteiger partial charge on any atom is 0.242 e. The fourth-order valence-electron chi connectivity index (χ4n) is 2.83. The number of methoxy groups -OCH3 is 1. The van der Waals surface area contributed by atoms with Gasteiger partial charge in [0.2, 0.25) is 11.8 Å². The lowest BCUT2D eigenvalue weighted by Gasteiger charge is -2.38. The van der Waals surface area contributed by atoms with Crippen molar-refractivity contribution in [3.8, 4) is 5.88 Å². The lowest BCUT2D eigenvalue weighted by Crippen LogP contribution is -2.42. The van der Waals surface area contributed by atoms with Crippen LogP contribution in [0.15, 0.2) is 36.8 Å². The van der Waals surface area contributed by atoms with Gasteiger partial charge in [-0.05, 0) is 30.4 Å². The molecule has 7 nitrogen and oxygen atoms in total. The fraction of sp³-hybridized carbons (Fsp3) is 0.438. The Kier molecular flexibility index (Phi) is 4.57. The summed E-state index contributed by atoms with van der Waals surface area (Å²) in [5, 5.41) is 16.7. The van der Waals surface area contributed by atoms with Crippen molar-refractivity contribution in [3.63, 3.8) is 0 Å². The number of hydrogen-bond acceptors (Lipinski definition) is 5. The third kappa shape index (κ3) is 3.68. The first-order valence-corrected chi connectivity index (χ1v) is 7.60. The van der Waals surface area contributed by atoms with Gasteiger partial charge in [0, 0.05) is 24.7 Å². The third-order valence-electron chi connectivity index (χ3n) is 4.13. The molecule has 0 bridgehead atoms. The first-order valence-electron chi connectivity index (χ1n) is 7.60. The van der Waals surface area contributed by atoms with Gasteiger partial charge in [-0.15, -0.1) is 0 Å². The highest BCUT2D eigenvalue weighted by molar-refractivity contribution is 5.76. The normalized spacial score (nSPS) is 21.3. The van der Waals surface area contributed by atoms with Crippen LogP contribution in [0, 0.1) is 5.92 Å². The molecule has 3 rings (SSSR count). The lowest BCUT2D eigenvalue weighted by atomic mass is 9.75. The number of aliphatic hydroxyl groups is 1. The van der Waals surface area contributed by atoms with Gasteiger partial charge in [0.1, 0.15) is 6.54 Å². The van der Waals surface area contributed by atoms with E-state index < -0.39 is 0 Å². The van der Waals surface area contributed by atoms with Crippen molar-refractivity contribution in [2.45, 2.75) is 31.5 Å². The van der Waals surface area contributed by atoms with Gasteiger partial charge in [0.25, 0.3) is 0 Å². The monoisotopic (exact) mass is 316 g/mol. The molecule has 1 aliphatic carbocycles. The van der Waals surface area contributed by atoms with Crippen LogP contribution in [0.2, 0.25) is 0 Å². The van der Waals surface area contributed by atoms with Crippen molar-refractivity contribution in [3.05, 3.63) is 42.4 Å². The Balaban J connectivity index is 1.71. The van der Waals surface area contributed by atoms with E-state index in [4.69, 9.17) is 4.74 Å².